The fourth-order valence-electron chi connectivity index (χ4n) is 4.68. The average Bonchev–Trinajstić information content (AvgIpc) is 3.22. The van der Waals surface area contributed by atoms with Crippen LogP contribution >= 0.6 is 0 Å². The molecular formula is C22H24Ti. The summed E-state index contributed by atoms with van der Waals surface area (Å²) in [6.45, 7) is 2.31. The van der Waals surface area contributed by atoms with Crippen molar-refractivity contribution >= 4 is 4.31 Å². The maximum absolute atomic E-state index is 3.01. The van der Waals surface area contributed by atoms with Crippen molar-refractivity contribution in [2.24, 2.45) is 0 Å². The van der Waals surface area contributed by atoms with Crippen LogP contribution in [-0.4, -0.2) is 4.31 Å². The molecule has 0 heterocycles. The van der Waals surface area contributed by atoms with Gasteiger partial charge in [0.15, 0.2) is 0 Å². The van der Waals surface area contributed by atoms with E-state index in [9.17, 15) is 0 Å². The Morgan fingerprint density at radius 2 is 1.48 bits per heavy atom. The third-order valence-electron chi connectivity index (χ3n) is 6.39. The molecule has 0 radical (unpaired) electrons. The third-order valence-corrected chi connectivity index (χ3v) is 16.7. The van der Waals surface area contributed by atoms with Gasteiger partial charge in [-0.25, -0.2) is 0 Å². The molecule has 0 bridgehead atoms. The molecule has 2 aromatic carbocycles. The molecule has 2 aliphatic carbocycles. The van der Waals surface area contributed by atoms with E-state index in [0.29, 0.717) is 4.22 Å². The van der Waals surface area contributed by atoms with Gasteiger partial charge in [0.2, 0.25) is 0 Å². The normalized spacial score (nSPS) is 17.0. The van der Waals surface area contributed by atoms with Gasteiger partial charge in [-0.3, -0.25) is 0 Å². The summed E-state index contributed by atoms with van der Waals surface area (Å²) in [5, 5.41) is 5.22. The second-order valence-corrected chi connectivity index (χ2v) is 18.8. The van der Waals surface area contributed by atoms with Crippen LogP contribution in [0.15, 0.2) is 70.6 Å². The van der Waals surface area contributed by atoms with Crippen LogP contribution in [-0.2, 0) is 14.8 Å². The van der Waals surface area contributed by atoms with Crippen LogP contribution in [0.3, 0.4) is 0 Å². The zero-order valence-corrected chi connectivity index (χ0v) is 15.8. The fourth-order valence-corrected chi connectivity index (χ4v) is 12.3. The van der Waals surface area contributed by atoms with Crippen LogP contribution in [0.1, 0.15) is 28.7 Å². The van der Waals surface area contributed by atoms with E-state index >= 15 is 0 Å². The molecule has 23 heavy (non-hydrogen) atoms. The van der Waals surface area contributed by atoms with Gasteiger partial charge in [0.25, 0.3) is 0 Å². The average molecular weight is 336 g/mol. The first-order valence-corrected chi connectivity index (χ1v) is 14.3. The summed E-state index contributed by atoms with van der Waals surface area (Å²) >= 11 is -3.01. The third kappa shape index (κ3) is 1.98. The predicted octanol–water partition coefficient (Wildman–Crippen LogP) is 6.21. The predicted molar refractivity (Wildman–Crippen MR) is 99.0 cm³/mol. The van der Waals surface area contributed by atoms with Crippen LogP contribution in [0.5, 0.6) is 0 Å². The van der Waals surface area contributed by atoms with Gasteiger partial charge in [-0.2, -0.15) is 0 Å². The molecule has 0 spiro atoms. The van der Waals surface area contributed by atoms with Gasteiger partial charge in [0.05, 0.1) is 0 Å². The first kappa shape index (κ1) is 15.1. The summed E-state index contributed by atoms with van der Waals surface area (Å²) in [5.74, 6) is 0. The molecule has 2 aromatic rings. The van der Waals surface area contributed by atoms with Crippen molar-refractivity contribution in [3.05, 3.63) is 81.8 Å². The molecule has 4 rings (SSSR count). The van der Waals surface area contributed by atoms with Crippen molar-refractivity contribution in [2.75, 3.05) is 0 Å². The first-order chi connectivity index (χ1) is 11.1. The standard InChI is InChI=1S/C13H9.C5H5.C2H4.2CH3.Ti/c1-3-7-12-10(5-1)9-11-6-2-4-8-13(11)12;1-2-4-5-3-1;1-2;;;/h1-9H;1-3H,4H2;1H,2H3;2*1H3;. The second-order valence-electron chi connectivity index (χ2n) is 7.83. The van der Waals surface area contributed by atoms with E-state index < -0.39 is 14.8 Å². The van der Waals surface area contributed by atoms with Gasteiger partial charge >= 0.3 is 140 Å². The molecule has 0 saturated carbocycles. The molecule has 0 unspecified atom stereocenters. The Labute approximate surface area is 139 Å². The van der Waals surface area contributed by atoms with E-state index in [1.165, 1.54) is 11.1 Å². The number of hydrogen-bond acceptors (Lipinski definition) is 0. The quantitative estimate of drug-likeness (QED) is 0.572. The molecule has 2 aliphatic rings. The van der Waals surface area contributed by atoms with Gasteiger partial charge in [0.1, 0.15) is 0 Å². The zero-order chi connectivity index (χ0) is 16.1. The van der Waals surface area contributed by atoms with Crippen LogP contribution in [0.4, 0.5) is 0 Å². The Morgan fingerprint density at radius 1 is 0.913 bits per heavy atom. The molecule has 0 aliphatic heterocycles. The van der Waals surface area contributed by atoms with Crippen LogP contribution < -0.4 is 0 Å². The van der Waals surface area contributed by atoms with Gasteiger partial charge < -0.3 is 0 Å². The van der Waals surface area contributed by atoms with Gasteiger partial charge in [-0.1, -0.05) is 0 Å². The van der Waals surface area contributed by atoms with E-state index in [2.05, 4.69) is 88.5 Å². The molecule has 0 aromatic heterocycles. The number of fused-ring (bicyclic) bond motifs is 3. The minimum atomic E-state index is -3.01. The van der Waals surface area contributed by atoms with Gasteiger partial charge in [-0.15, -0.1) is 0 Å². The molecule has 0 N–H and O–H groups in total. The van der Waals surface area contributed by atoms with Crippen molar-refractivity contribution in [2.45, 2.75) is 28.0 Å². The SMILES string of the molecule is C[CH]=[Ti]([CH3])([CH3])([C]1=CC=CC1)[CH]1c2ccccc2-c2ccccc21. The van der Waals surface area contributed by atoms with Crippen LogP contribution in [0, 0.1) is 0 Å². The second kappa shape index (κ2) is 5.00. The number of benzene rings is 2. The summed E-state index contributed by atoms with van der Waals surface area (Å²) in [6, 6.07) is 18.1. The monoisotopic (exact) mass is 336 g/mol. The molecule has 0 amide bonds. The first-order valence-electron chi connectivity index (χ1n) is 8.60. The summed E-state index contributed by atoms with van der Waals surface area (Å²) in [4.78, 5) is 0. The molecule has 0 nitrogen and oxygen atoms in total. The van der Waals surface area contributed by atoms with E-state index in [1.54, 1.807) is 15.0 Å². The molecular weight excluding hydrogens is 312 g/mol. The minimum absolute atomic E-state index is 0.551. The van der Waals surface area contributed by atoms with Crippen molar-refractivity contribution in [3.8, 4) is 11.1 Å². The summed E-state index contributed by atoms with van der Waals surface area (Å²) in [6.07, 6.45) is 8.11. The Hall–Kier alpha value is -1.50. The molecule has 0 atom stereocenters. The van der Waals surface area contributed by atoms with E-state index in [-0.39, 0.29) is 0 Å². The van der Waals surface area contributed by atoms with Crippen molar-refractivity contribution in [1.82, 2.24) is 0 Å². The summed E-state index contributed by atoms with van der Waals surface area (Å²) in [5.41, 5.74) is 5.98. The summed E-state index contributed by atoms with van der Waals surface area (Å²) in [7, 11) is 0. The van der Waals surface area contributed by atoms with Crippen molar-refractivity contribution in [3.63, 3.8) is 0 Å². The number of allylic oxidation sites excluding steroid dienone is 4. The van der Waals surface area contributed by atoms with E-state index in [1.807, 2.05) is 0 Å². The maximum atomic E-state index is 2.61. The zero-order valence-electron chi connectivity index (χ0n) is 14.2. The Kier molecular flexibility index (Phi) is 3.27. The van der Waals surface area contributed by atoms with Gasteiger partial charge in [-0.05, 0) is 0 Å². The van der Waals surface area contributed by atoms with Crippen LogP contribution in [0.25, 0.3) is 11.1 Å². The van der Waals surface area contributed by atoms with E-state index in [4.69, 9.17) is 0 Å². The molecule has 1 heteroatoms. The summed E-state index contributed by atoms with van der Waals surface area (Å²) < 4.78 is 4.86. The van der Waals surface area contributed by atoms with Crippen molar-refractivity contribution < 1.29 is 14.8 Å². The molecule has 116 valence electrons. The van der Waals surface area contributed by atoms with E-state index in [0.717, 1.165) is 6.42 Å². The Bertz CT molecular complexity index is 873. The van der Waals surface area contributed by atoms with Crippen LogP contribution in [0.2, 0.25) is 10.5 Å². The number of hydrogen-bond donors (Lipinski definition) is 0. The molecule has 0 saturated heterocycles. The topological polar surface area (TPSA) is 0 Å². The Balaban J connectivity index is 2.06. The van der Waals surface area contributed by atoms with Gasteiger partial charge in [0, 0.05) is 0 Å². The van der Waals surface area contributed by atoms with Crippen molar-refractivity contribution in [1.29, 1.82) is 0 Å². The number of rotatable bonds is 2. The Morgan fingerprint density at radius 3 is 1.96 bits per heavy atom. The molecule has 0 fully saturated rings. The fraction of sp³-hybridized carbons (Fsp3) is 0.227.